The van der Waals surface area contributed by atoms with Crippen LogP contribution < -0.4 is 14.8 Å². The van der Waals surface area contributed by atoms with E-state index in [1.54, 1.807) is 7.11 Å². The normalized spacial score (nSPS) is 14.9. The van der Waals surface area contributed by atoms with E-state index in [9.17, 15) is 4.79 Å². The number of morpholine rings is 1. The predicted molar refractivity (Wildman–Crippen MR) is 132 cm³/mol. The zero-order valence-corrected chi connectivity index (χ0v) is 19.6. The van der Waals surface area contributed by atoms with Crippen LogP contribution in [0.1, 0.15) is 22.7 Å². The Bertz CT molecular complexity index is 1030. The summed E-state index contributed by atoms with van der Waals surface area (Å²) in [5.41, 5.74) is 3.40. The molecule has 3 aromatic carbocycles. The third-order valence-corrected chi connectivity index (χ3v) is 6.05. The van der Waals surface area contributed by atoms with Gasteiger partial charge in [-0.25, -0.2) is 0 Å². The lowest BCUT2D eigenvalue weighted by Gasteiger charge is -2.35. The molecular weight excluding hydrogens is 428 g/mol. The highest BCUT2D eigenvalue weighted by Crippen LogP contribution is 2.24. The molecule has 1 fully saturated rings. The third kappa shape index (κ3) is 6.59. The Labute approximate surface area is 201 Å². The molecule has 1 aliphatic rings. The van der Waals surface area contributed by atoms with Gasteiger partial charge in [0.2, 0.25) is 0 Å². The van der Waals surface area contributed by atoms with E-state index in [1.165, 1.54) is 5.56 Å². The number of rotatable bonds is 10. The largest absolute Gasteiger partial charge is 0.497 e. The minimum atomic E-state index is -0.138. The third-order valence-electron chi connectivity index (χ3n) is 6.05. The van der Waals surface area contributed by atoms with Gasteiger partial charge in [0.15, 0.2) is 6.61 Å². The molecule has 0 aliphatic carbocycles. The summed E-state index contributed by atoms with van der Waals surface area (Å²) in [6.07, 6.45) is 0.759. The molecule has 0 bridgehead atoms. The van der Waals surface area contributed by atoms with Crippen molar-refractivity contribution < 1.29 is 19.0 Å². The summed E-state index contributed by atoms with van der Waals surface area (Å²) in [4.78, 5) is 15.1. The second-order valence-electron chi connectivity index (χ2n) is 8.30. The quantitative estimate of drug-likeness (QED) is 0.498. The van der Waals surface area contributed by atoms with Crippen LogP contribution in [-0.4, -0.2) is 57.4 Å². The van der Waals surface area contributed by atoms with Crippen LogP contribution >= 0.6 is 0 Å². The fourth-order valence-electron chi connectivity index (χ4n) is 4.18. The minimum absolute atomic E-state index is 0.0236. The van der Waals surface area contributed by atoms with Gasteiger partial charge in [0.1, 0.15) is 11.5 Å². The number of amides is 1. The summed E-state index contributed by atoms with van der Waals surface area (Å²) in [7, 11) is 1.66. The van der Waals surface area contributed by atoms with Crippen molar-refractivity contribution in [1.82, 2.24) is 10.2 Å². The summed E-state index contributed by atoms with van der Waals surface area (Å²) in [5, 5.41) is 3.07. The summed E-state index contributed by atoms with van der Waals surface area (Å²) in [5.74, 6) is 1.42. The first-order chi connectivity index (χ1) is 16.7. The summed E-state index contributed by atoms with van der Waals surface area (Å²) >= 11 is 0. The van der Waals surface area contributed by atoms with Gasteiger partial charge in [-0.1, -0.05) is 60.7 Å². The first-order valence-electron chi connectivity index (χ1n) is 11.7. The van der Waals surface area contributed by atoms with E-state index in [0.717, 1.165) is 42.1 Å². The van der Waals surface area contributed by atoms with Gasteiger partial charge >= 0.3 is 0 Å². The predicted octanol–water partition coefficient (Wildman–Crippen LogP) is 3.85. The molecule has 0 aromatic heterocycles. The number of ether oxygens (including phenoxy) is 3. The highest BCUT2D eigenvalue weighted by atomic mass is 16.5. The number of benzene rings is 3. The Morgan fingerprint density at radius 3 is 2.41 bits per heavy atom. The van der Waals surface area contributed by atoms with Crippen molar-refractivity contribution in [3.8, 4) is 11.5 Å². The molecule has 6 nitrogen and oxygen atoms in total. The fourth-order valence-corrected chi connectivity index (χ4v) is 4.18. The summed E-state index contributed by atoms with van der Waals surface area (Å²) < 4.78 is 16.7. The highest BCUT2D eigenvalue weighted by Gasteiger charge is 2.23. The van der Waals surface area contributed by atoms with Gasteiger partial charge in [0, 0.05) is 26.1 Å². The average Bonchev–Trinajstić information content (AvgIpc) is 2.90. The number of carbonyl (C=O) groups is 1. The number of methoxy groups -OCH3 is 1. The van der Waals surface area contributed by atoms with Crippen molar-refractivity contribution in [2.45, 2.75) is 12.5 Å². The van der Waals surface area contributed by atoms with E-state index < -0.39 is 0 Å². The first kappa shape index (κ1) is 23.8. The fraction of sp³-hybridized carbons (Fsp3) is 0.321. The number of para-hydroxylation sites is 1. The topological polar surface area (TPSA) is 60.0 Å². The number of hydrogen-bond acceptors (Lipinski definition) is 5. The monoisotopic (exact) mass is 460 g/mol. The van der Waals surface area contributed by atoms with Gasteiger partial charge in [0.25, 0.3) is 5.91 Å². The lowest BCUT2D eigenvalue weighted by Crippen LogP contribution is -2.44. The molecule has 1 unspecified atom stereocenters. The SMILES string of the molecule is COc1ccc(C(CNC(=O)COc2ccccc2Cc2ccccc2)N2CCOCC2)cc1. The number of nitrogens with zero attached hydrogens (tertiary/aromatic N) is 1. The molecule has 6 heteroatoms. The van der Waals surface area contributed by atoms with Crippen LogP contribution in [0, 0.1) is 0 Å². The molecule has 1 amide bonds. The zero-order chi connectivity index (χ0) is 23.6. The molecule has 34 heavy (non-hydrogen) atoms. The van der Waals surface area contributed by atoms with Crippen LogP contribution in [0.25, 0.3) is 0 Å². The van der Waals surface area contributed by atoms with Gasteiger partial charge in [-0.2, -0.15) is 0 Å². The summed E-state index contributed by atoms with van der Waals surface area (Å²) in [6.45, 7) is 3.53. The molecule has 0 spiro atoms. The molecule has 0 saturated carbocycles. The smallest absolute Gasteiger partial charge is 0.258 e. The van der Waals surface area contributed by atoms with E-state index in [2.05, 4.69) is 34.5 Å². The van der Waals surface area contributed by atoms with Crippen molar-refractivity contribution in [3.05, 3.63) is 95.6 Å². The molecule has 1 atom stereocenters. The maximum atomic E-state index is 12.7. The van der Waals surface area contributed by atoms with E-state index >= 15 is 0 Å². The molecular formula is C28H32N2O4. The molecule has 178 valence electrons. The van der Waals surface area contributed by atoms with Crippen molar-refractivity contribution >= 4 is 5.91 Å². The van der Waals surface area contributed by atoms with Crippen molar-refractivity contribution in [2.75, 3.05) is 46.6 Å². The standard InChI is InChI=1S/C28H32N2O4/c1-32-25-13-11-23(12-14-25)26(30-15-17-33-18-16-30)20-29-28(31)21-34-27-10-6-5-9-24(27)19-22-7-3-2-4-8-22/h2-14,26H,15-21H2,1H3,(H,29,31). The lowest BCUT2D eigenvalue weighted by molar-refractivity contribution is -0.123. The Kier molecular flexibility index (Phi) is 8.54. The lowest BCUT2D eigenvalue weighted by atomic mass is 10.0. The molecule has 1 saturated heterocycles. The van der Waals surface area contributed by atoms with Gasteiger partial charge in [0.05, 0.1) is 26.4 Å². The van der Waals surface area contributed by atoms with Gasteiger partial charge in [-0.15, -0.1) is 0 Å². The Balaban J connectivity index is 1.36. The van der Waals surface area contributed by atoms with Gasteiger partial charge < -0.3 is 19.5 Å². The van der Waals surface area contributed by atoms with Crippen LogP contribution in [0.15, 0.2) is 78.9 Å². The van der Waals surface area contributed by atoms with E-state index in [4.69, 9.17) is 14.2 Å². The van der Waals surface area contributed by atoms with Crippen molar-refractivity contribution in [3.63, 3.8) is 0 Å². The number of hydrogen-bond donors (Lipinski definition) is 1. The van der Waals surface area contributed by atoms with Crippen LogP contribution in [-0.2, 0) is 16.0 Å². The zero-order valence-electron chi connectivity index (χ0n) is 19.6. The molecule has 1 N–H and O–H groups in total. The van der Waals surface area contributed by atoms with Crippen LogP contribution in [0.3, 0.4) is 0 Å². The Morgan fingerprint density at radius 1 is 0.971 bits per heavy atom. The van der Waals surface area contributed by atoms with Crippen molar-refractivity contribution in [2.24, 2.45) is 0 Å². The highest BCUT2D eigenvalue weighted by molar-refractivity contribution is 5.77. The second-order valence-corrected chi connectivity index (χ2v) is 8.30. The van der Waals surface area contributed by atoms with E-state index in [1.807, 2.05) is 54.6 Å². The Morgan fingerprint density at radius 2 is 1.68 bits per heavy atom. The molecule has 1 aliphatic heterocycles. The Hall–Kier alpha value is -3.35. The molecule has 4 rings (SSSR count). The average molecular weight is 461 g/mol. The van der Waals surface area contributed by atoms with E-state index in [-0.39, 0.29) is 18.6 Å². The number of carbonyl (C=O) groups excluding carboxylic acids is 1. The molecule has 0 radical (unpaired) electrons. The molecule has 3 aromatic rings. The van der Waals surface area contributed by atoms with Crippen molar-refractivity contribution in [1.29, 1.82) is 0 Å². The van der Waals surface area contributed by atoms with Crippen LogP contribution in [0.2, 0.25) is 0 Å². The maximum absolute atomic E-state index is 12.7. The maximum Gasteiger partial charge on any atom is 0.258 e. The first-order valence-corrected chi connectivity index (χ1v) is 11.7. The summed E-state index contributed by atoms with van der Waals surface area (Å²) in [6, 6.07) is 26.2. The van der Waals surface area contributed by atoms with Gasteiger partial charge in [-0.05, 0) is 34.9 Å². The van der Waals surface area contributed by atoms with Crippen LogP contribution in [0.4, 0.5) is 0 Å². The van der Waals surface area contributed by atoms with E-state index in [0.29, 0.717) is 19.8 Å². The van der Waals surface area contributed by atoms with Crippen LogP contribution in [0.5, 0.6) is 11.5 Å². The second kappa shape index (κ2) is 12.2. The number of nitrogens with one attached hydrogen (secondary N) is 1. The molecule has 1 heterocycles. The van der Waals surface area contributed by atoms with Gasteiger partial charge in [-0.3, -0.25) is 9.69 Å². The minimum Gasteiger partial charge on any atom is -0.497 e.